The summed E-state index contributed by atoms with van der Waals surface area (Å²) in [5, 5.41) is 20.3. The van der Waals surface area contributed by atoms with Crippen molar-refractivity contribution in [2.24, 2.45) is 0 Å². The minimum Gasteiger partial charge on any atom is -0.396 e. The van der Waals surface area contributed by atoms with Crippen molar-refractivity contribution in [3.63, 3.8) is 0 Å². The molecular weight excluding hydrogens is 204 g/mol. The van der Waals surface area contributed by atoms with E-state index < -0.39 is 0 Å². The highest BCUT2D eigenvalue weighted by atomic mass is 16.3. The highest BCUT2D eigenvalue weighted by Gasteiger charge is 2.14. The van der Waals surface area contributed by atoms with Crippen LogP contribution in [0.1, 0.15) is 39.8 Å². The molecule has 1 aromatic rings. The fourth-order valence-corrected chi connectivity index (χ4v) is 1.28. The number of nitrogens with zero attached hydrogens (tertiary/aromatic N) is 3. The van der Waals surface area contributed by atoms with E-state index in [4.69, 9.17) is 5.11 Å². The molecule has 2 N–H and O–H groups in total. The van der Waals surface area contributed by atoms with Crippen LogP contribution in [0.5, 0.6) is 0 Å². The average Bonchev–Trinajstić information content (AvgIpc) is 2.63. The standard InChI is InChI=1S/C11H22N4O/c1-9(5-6-16)12-7-10-8-15(14-13-10)11(2,3)4/h8-9,12,16H,5-7H2,1-4H3. The van der Waals surface area contributed by atoms with Crippen LogP contribution in [0.3, 0.4) is 0 Å². The summed E-state index contributed by atoms with van der Waals surface area (Å²) < 4.78 is 1.86. The lowest BCUT2D eigenvalue weighted by Crippen LogP contribution is -2.26. The van der Waals surface area contributed by atoms with Gasteiger partial charge in [-0.25, -0.2) is 4.68 Å². The van der Waals surface area contributed by atoms with Gasteiger partial charge < -0.3 is 10.4 Å². The molecule has 92 valence electrons. The first-order chi connectivity index (χ1) is 7.43. The fraction of sp³-hybridized carbons (Fsp3) is 0.818. The number of nitrogens with one attached hydrogen (secondary N) is 1. The highest BCUT2D eigenvalue weighted by molar-refractivity contribution is 4.94. The molecule has 1 atom stereocenters. The molecule has 0 aliphatic rings. The van der Waals surface area contributed by atoms with Crippen molar-refractivity contribution in [2.45, 2.75) is 52.2 Å². The Hall–Kier alpha value is -0.940. The van der Waals surface area contributed by atoms with Gasteiger partial charge in [0.25, 0.3) is 0 Å². The molecule has 0 amide bonds. The van der Waals surface area contributed by atoms with Crippen LogP contribution in [0.25, 0.3) is 0 Å². The lowest BCUT2D eigenvalue weighted by molar-refractivity contribution is 0.268. The highest BCUT2D eigenvalue weighted by Crippen LogP contribution is 2.11. The molecule has 0 saturated heterocycles. The Morgan fingerprint density at radius 3 is 2.69 bits per heavy atom. The monoisotopic (exact) mass is 226 g/mol. The molecule has 0 aromatic carbocycles. The van der Waals surface area contributed by atoms with Crippen molar-refractivity contribution < 1.29 is 5.11 Å². The van der Waals surface area contributed by atoms with Crippen molar-refractivity contribution in [1.29, 1.82) is 0 Å². The van der Waals surface area contributed by atoms with E-state index in [1.54, 1.807) is 0 Å². The van der Waals surface area contributed by atoms with Crippen molar-refractivity contribution in [3.8, 4) is 0 Å². The molecule has 16 heavy (non-hydrogen) atoms. The number of aliphatic hydroxyl groups is 1. The lowest BCUT2D eigenvalue weighted by Gasteiger charge is -2.17. The third-order valence-electron chi connectivity index (χ3n) is 2.42. The van der Waals surface area contributed by atoms with E-state index in [1.165, 1.54) is 0 Å². The van der Waals surface area contributed by atoms with Crippen LogP contribution in [0, 0.1) is 0 Å². The largest absolute Gasteiger partial charge is 0.396 e. The Labute approximate surface area is 96.9 Å². The van der Waals surface area contributed by atoms with E-state index in [-0.39, 0.29) is 12.1 Å². The molecular formula is C11H22N4O. The third kappa shape index (κ3) is 3.90. The number of hydrogen-bond acceptors (Lipinski definition) is 4. The minimum absolute atomic E-state index is 0.0258. The topological polar surface area (TPSA) is 63.0 Å². The second kappa shape index (κ2) is 5.41. The summed E-state index contributed by atoms with van der Waals surface area (Å²) in [7, 11) is 0. The van der Waals surface area contributed by atoms with Gasteiger partial charge >= 0.3 is 0 Å². The molecule has 0 bridgehead atoms. The van der Waals surface area contributed by atoms with Gasteiger partial charge in [-0.1, -0.05) is 5.21 Å². The molecule has 5 heteroatoms. The van der Waals surface area contributed by atoms with E-state index >= 15 is 0 Å². The molecule has 1 heterocycles. The summed E-state index contributed by atoms with van der Waals surface area (Å²) >= 11 is 0. The van der Waals surface area contributed by atoms with Crippen LogP contribution in [0.4, 0.5) is 0 Å². The molecule has 0 spiro atoms. The van der Waals surface area contributed by atoms with Crippen LogP contribution in [0.2, 0.25) is 0 Å². The van der Waals surface area contributed by atoms with E-state index in [2.05, 4.69) is 36.4 Å². The summed E-state index contributed by atoms with van der Waals surface area (Å²) in [6.07, 6.45) is 2.71. The second-order valence-corrected chi connectivity index (χ2v) is 5.12. The second-order valence-electron chi connectivity index (χ2n) is 5.12. The summed E-state index contributed by atoms with van der Waals surface area (Å²) in [6, 6.07) is 0.296. The summed E-state index contributed by atoms with van der Waals surface area (Å²) in [5.74, 6) is 0. The predicted octanol–water partition coefficient (Wildman–Crippen LogP) is 0.894. The van der Waals surface area contributed by atoms with Gasteiger partial charge in [-0.05, 0) is 34.1 Å². The van der Waals surface area contributed by atoms with E-state index in [1.807, 2.05) is 17.8 Å². The van der Waals surface area contributed by atoms with Crippen LogP contribution in [-0.2, 0) is 12.1 Å². The number of aromatic nitrogens is 3. The van der Waals surface area contributed by atoms with E-state index in [0.29, 0.717) is 12.6 Å². The zero-order valence-corrected chi connectivity index (χ0v) is 10.6. The van der Waals surface area contributed by atoms with Crippen LogP contribution >= 0.6 is 0 Å². The number of aliphatic hydroxyl groups excluding tert-OH is 1. The van der Waals surface area contributed by atoms with E-state index in [9.17, 15) is 0 Å². The normalized spacial score (nSPS) is 14.1. The number of hydrogen-bond donors (Lipinski definition) is 2. The van der Waals surface area contributed by atoms with Crippen LogP contribution in [0.15, 0.2) is 6.20 Å². The Morgan fingerprint density at radius 2 is 2.19 bits per heavy atom. The van der Waals surface area contributed by atoms with Gasteiger partial charge in [-0.2, -0.15) is 0 Å². The zero-order chi connectivity index (χ0) is 12.2. The molecule has 0 saturated carbocycles. The maximum atomic E-state index is 8.77. The summed E-state index contributed by atoms with van der Waals surface area (Å²) in [6.45, 7) is 9.22. The van der Waals surface area contributed by atoms with Crippen molar-refractivity contribution in [3.05, 3.63) is 11.9 Å². The first-order valence-electron chi connectivity index (χ1n) is 5.69. The molecule has 1 aromatic heterocycles. The van der Waals surface area contributed by atoms with Gasteiger partial charge in [0.05, 0.1) is 17.4 Å². The fourth-order valence-electron chi connectivity index (χ4n) is 1.28. The third-order valence-corrected chi connectivity index (χ3v) is 2.42. The van der Waals surface area contributed by atoms with Gasteiger partial charge in [0.1, 0.15) is 0 Å². The molecule has 1 rings (SSSR count). The average molecular weight is 226 g/mol. The zero-order valence-electron chi connectivity index (χ0n) is 10.6. The molecule has 0 aliphatic carbocycles. The maximum absolute atomic E-state index is 8.77. The van der Waals surface area contributed by atoms with Crippen LogP contribution in [-0.4, -0.2) is 32.7 Å². The number of rotatable bonds is 5. The molecule has 1 unspecified atom stereocenters. The van der Waals surface area contributed by atoms with Gasteiger partial charge in [0.2, 0.25) is 0 Å². The molecule has 0 aliphatic heterocycles. The Balaban J connectivity index is 2.47. The van der Waals surface area contributed by atoms with Crippen molar-refractivity contribution in [2.75, 3.05) is 6.61 Å². The van der Waals surface area contributed by atoms with Crippen molar-refractivity contribution >= 4 is 0 Å². The SMILES string of the molecule is CC(CCO)NCc1cn(C(C)(C)C)nn1. The van der Waals surface area contributed by atoms with Gasteiger partial charge in [-0.3, -0.25) is 0 Å². The Kier molecular flexibility index (Phi) is 4.44. The van der Waals surface area contributed by atoms with Gasteiger partial charge in [0, 0.05) is 19.2 Å². The van der Waals surface area contributed by atoms with Gasteiger partial charge in [0.15, 0.2) is 0 Å². The van der Waals surface area contributed by atoms with E-state index in [0.717, 1.165) is 12.1 Å². The van der Waals surface area contributed by atoms with Crippen LogP contribution < -0.4 is 5.32 Å². The minimum atomic E-state index is -0.0258. The first-order valence-corrected chi connectivity index (χ1v) is 5.69. The predicted molar refractivity (Wildman–Crippen MR) is 63.0 cm³/mol. The molecule has 0 radical (unpaired) electrons. The van der Waals surface area contributed by atoms with Crippen molar-refractivity contribution in [1.82, 2.24) is 20.3 Å². The quantitative estimate of drug-likeness (QED) is 0.783. The Bertz CT molecular complexity index is 316. The smallest absolute Gasteiger partial charge is 0.0965 e. The molecule has 5 nitrogen and oxygen atoms in total. The molecule has 0 fully saturated rings. The maximum Gasteiger partial charge on any atom is 0.0965 e. The summed E-state index contributed by atoms with van der Waals surface area (Å²) in [5.41, 5.74) is 0.904. The first kappa shape index (κ1) is 13.1. The summed E-state index contributed by atoms with van der Waals surface area (Å²) in [4.78, 5) is 0. The lowest BCUT2D eigenvalue weighted by atomic mass is 10.1. The van der Waals surface area contributed by atoms with Gasteiger partial charge in [-0.15, -0.1) is 5.10 Å². The Morgan fingerprint density at radius 1 is 1.50 bits per heavy atom.